The van der Waals surface area contributed by atoms with Crippen LogP contribution in [0.15, 0.2) is 18.2 Å². The summed E-state index contributed by atoms with van der Waals surface area (Å²) in [5.41, 5.74) is 8.18. The number of anilines is 1. The van der Waals surface area contributed by atoms with Crippen molar-refractivity contribution in [2.45, 2.75) is 40.5 Å². The van der Waals surface area contributed by atoms with Gasteiger partial charge >= 0.3 is 0 Å². The zero-order chi connectivity index (χ0) is 14.4. The minimum atomic E-state index is 0.0965. The Hall–Kier alpha value is -1.51. The molecule has 0 heterocycles. The van der Waals surface area contributed by atoms with Crippen LogP contribution in [-0.2, 0) is 0 Å². The second-order valence-electron chi connectivity index (χ2n) is 5.05. The van der Waals surface area contributed by atoms with Crippen molar-refractivity contribution in [3.8, 4) is 0 Å². The van der Waals surface area contributed by atoms with Crippen LogP contribution in [0.2, 0.25) is 0 Å². The Balaban J connectivity index is 2.92. The molecule has 0 bridgehead atoms. The molecule has 3 heteroatoms. The van der Waals surface area contributed by atoms with E-state index in [9.17, 15) is 4.79 Å². The van der Waals surface area contributed by atoms with E-state index in [0.717, 1.165) is 37.1 Å². The number of hydrogen-bond acceptors (Lipinski definition) is 2. The highest BCUT2D eigenvalue weighted by atomic mass is 16.2. The number of nitrogen functional groups attached to an aromatic ring is 1. The van der Waals surface area contributed by atoms with Crippen LogP contribution in [0.4, 0.5) is 5.69 Å². The Labute approximate surface area is 116 Å². The molecule has 0 fully saturated rings. The molecule has 0 radical (unpaired) electrons. The molecule has 1 aromatic rings. The van der Waals surface area contributed by atoms with Gasteiger partial charge in [-0.1, -0.05) is 32.8 Å². The van der Waals surface area contributed by atoms with E-state index in [0.29, 0.717) is 11.6 Å². The SMILES string of the molecule is CCC(CC)CN(CC)C(=O)c1cccc(N)c1C. The Morgan fingerprint density at radius 2 is 1.89 bits per heavy atom. The van der Waals surface area contributed by atoms with Crippen molar-refractivity contribution in [1.82, 2.24) is 4.90 Å². The monoisotopic (exact) mass is 262 g/mol. The summed E-state index contributed by atoms with van der Waals surface area (Å²) in [6.45, 7) is 9.87. The Kier molecular flexibility index (Phi) is 5.87. The van der Waals surface area contributed by atoms with E-state index in [1.165, 1.54) is 0 Å². The molecule has 0 atom stereocenters. The minimum Gasteiger partial charge on any atom is -0.398 e. The maximum absolute atomic E-state index is 12.6. The third-order valence-corrected chi connectivity index (χ3v) is 3.91. The van der Waals surface area contributed by atoms with Gasteiger partial charge in [0.1, 0.15) is 0 Å². The largest absolute Gasteiger partial charge is 0.398 e. The first-order chi connectivity index (χ1) is 9.04. The van der Waals surface area contributed by atoms with Gasteiger partial charge in [0.25, 0.3) is 5.91 Å². The summed E-state index contributed by atoms with van der Waals surface area (Å²) in [5.74, 6) is 0.671. The maximum atomic E-state index is 12.6. The molecule has 0 aliphatic carbocycles. The molecule has 1 rings (SSSR count). The quantitative estimate of drug-likeness (QED) is 0.798. The zero-order valence-corrected chi connectivity index (χ0v) is 12.6. The molecule has 0 saturated carbocycles. The first-order valence-electron chi connectivity index (χ1n) is 7.19. The lowest BCUT2D eigenvalue weighted by Gasteiger charge is -2.26. The van der Waals surface area contributed by atoms with Gasteiger partial charge in [-0.15, -0.1) is 0 Å². The fourth-order valence-corrected chi connectivity index (χ4v) is 2.27. The van der Waals surface area contributed by atoms with Crippen LogP contribution in [0.3, 0.4) is 0 Å². The Morgan fingerprint density at radius 1 is 1.26 bits per heavy atom. The normalized spacial score (nSPS) is 10.8. The zero-order valence-electron chi connectivity index (χ0n) is 12.6. The Bertz CT molecular complexity index is 425. The highest BCUT2D eigenvalue weighted by Gasteiger charge is 2.19. The lowest BCUT2D eigenvalue weighted by molar-refractivity contribution is 0.0734. The fraction of sp³-hybridized carbons (Fsp3) is 0.562. The smallest absolute Gasteiger partial charge is 0.254 e. The average Bonchev–Trinajstić information content (AvgIpc) is 2.43. The number of hydrogen-bond donors (Lipinski definition) is 1. The summed E-state index contributed by atoms with van der Waals surface area (Å²) in [6.07, 6.45) is 2.21. The van der Waals surface area contributed by atoms with Crippen molar-refractivity contribution in [2.75, 3.05) is 18.8 Å². The average molecular weight is 262 g/mol. The van der Waals surface area contributed by atoms with Crippen molar-refractivity contribution < 1.29 is 4.79 Å². The number of carbonyl (C=O) groups is 1. The topological polar surface area (TPSA) is 46.3 Å². The summed E-state index contributed by atoms with van der Waals surface area (Å²) in [4.78, 5) is 14.5. The van der Waals surface area contributed by atoms with Crippen molar-refractivity contribution in [3.63, 3.8) is 0 Å². The van der Waals surface area contributed by atoms with Crippen LogP contribution in [0.5, 0.6) is 0 Å². The van der Waals surface area contributed by atoms with Crippen LogP contribution in [0.1, 0.15) is 49.5 Å². The molecule has 0 saturated heterocycles. The van der Waals surface area contributed by atoms with Crippen LogP contribution in [0.25, 0.3) is 0 Å². The van der Waals surface area contributed by atoms with Gasteiger partial charge in [-0.05, 0) is 37.5 Å². The van der Waals surface area contributed by atoms with Gasteiger partial charge in [0, 0.05) is 24.3 Å². The molecule has 1 amide bonds. The molecule has 0 aliphatic rings. The molecule has 1 aromatic carbocycles. The molecule has 19 heavy (non-hydrogen) atoms. The molecule has 0 aromatic heterocycles. The highest BCUT2D eigenvalue weighted by molar-refractivity contribution is 5.96. The van der Waals surface area contributed by atoms with E-state index in [1.807, 2.05) is 36.9 Å². The van der Waals surface area contributed by atoms with E-state index in [4.69, 9.17) is 5.73 Å². The molecule has 106 valence electrons. The number of nitrogens with two attached hydrogens (primary N) is 1. The first-order valence-corrected chi connectivity index (χ1v) is 7.19. The van der Waals surface area contributed by atoms with Gasteiger partial charge in [0.2, 0.25) is 0 Å². The molecule has 0 unspecified atom stereocenters. The lowest BCUT2D eigenvalue weighted by Crippen LogP contribution is -2.35. The van der Waals surface area contributed by atoms with Gasteiger partial charge in [0.05, 0.1) is 0 Å². The predicted molar refractivity (Wildman–Crippen MR) is 81.2 cm³/mol. The second kappa shape index (κ2) is 7.17. The summed E-state index contributed by atoms with van der Waals surface area (Å²) in [5, 5.41) is 0. The van der Waals surface area contributed by atoms with E-state index >= 15 is 0 Å². The van der Waals surface area contributed by atoms with Gasteiger partial charge in [-0.25, -0.2) is 0 Å². The summed E-state index contributed by atoms with van der Waals surface area (Å²) >= 11 is 0. The fourth-order valence-electron chi connectivity index (χ4n) is 2.27. The number of amides is 1. The third kappa shape index (κ3) is 3.72. The summed E-state index contributed by atoms with van der Waals surface area (Å²) < 4.78 is 0. The number of benzene rings is 1. The lowest BCUT2D eigenvalue weighted by atomic mass is 10.0. The Morgan fingerprint density at radius 3 is 2.42 bits per heavy atom. The standard InChI is InChI=1S/C16H26N2O/c1-5-13(6-2)11-18(7-3)16(19)14-9-8-10-15(17)12(14)4/h8-10,13H,5-7,11,17H2,1-4H3. The maximum Gasteiger partial charge on any atom is 0.254 e. The van der Waals surface area contributed by atoms with Crippen molar-refractivity contribution in [2.24, 2.45) is 5.92 Å². The number of nitrogens with zero attached hydrogens (tertiary/aromatic N) is 1. The minimum absolute atomic E-state index is 0.0965. The highest BCUT2D eigenvalue weighted by Crippen LogP contribution is 2.19. The van der Waals surface area contributed by atoms with E-state index in [2.05, 4.69) is 13.8 Å². The van der Waals surface area contributed by atoms with Crippen LogP contribution in [0, 0.1) is 12.8 Å². The van der Waals surface area contributed by atoms with Gasteiger partial charge in [-0.2, -0.15) is 0 Å². The molecular weight excluding hydrogens is 236 g/mol. The van der Waals surface area contributed by atoms with Gasteiger partial charge in [0.15, 0.2) is 0 Å². The van der Waals surface area contributed by atoms with Gasteiger partial charge < -0.3 is 10.6 Å². The van der Waals surface area contributed by atoms with Crippen LogP contribution >= 0.6 is 0 Å². The summed E-state index contributed by atoms with van der Waals surface area (Å²) in [7, 11) is 0. The number of rotatable bonds is 6. The third-order valence-electron chi connectivity index (χ3n) is 3.91. The van der Waals surface area contributed by atoms with Crippen molar-refractivity contribution in [1.29, 1.82) is 0 Å². The second-order valence-corrected chi connectivity index (χ2v) is 5.05. The molecule has 2 N–H and O–H groups in total. The summed E-state index contributed by atoms with van der Waals surface area (Å²) in [6, 6.07) is 5.55. The number of carbonyl (C=O) groups excluding carboxylic acids is 1. The first kappa shape index (κ1) is 15.5. The molecule has 0 spiro atoms. The van der Waals surface area contributed by atoms with E-state index in [-0.39, 0.29) is 5.91 Å². The van der Waals surface area contributed by atoms with E-state index in [1.54, 1.807) is 0 Å². The van der Waals surface area contributed by atoms with Crippen molar-refractivity contribution >= 4 is 11.6 Å². The van der Waals surface area contributed by atoms with E-state index < -0.39 is 0 Å². The molecular formula is C16H26N2O. The molecule has 3 nitrogen and oxygen atoms in total. The van der Waals surface area contributed by atoms with Crippen molar-refractivity contribution in [3.05, 3.63) is 29.3 Å². The molecule has 0 aliphatic heterocycles. The van der Waals surface area contributed by atoms with Crippen LogP contribution in [-0.4, -0.2) is 23.9 Å². The predicted octanol–water partition coefficient (Wildman–Crippen LogP) is 3.48. The van der Waals surface area contributed by atoms with Gasteiger partial charge in [-0.3, -0.25) is 4.79 Å². The van der Waals surface area contributed by atoms with Crippen LogP contribution < -0.4 is 5.73 Å².